The lowest BCUT2D eigenvalue weighted by Gasteiger charge is -2.27. The van der Waals surface area contributed by atoms with Crippen LogP contribution in [0.2, 0.25) is 0 Å². The van der Waals surface area contributed by atoms with E-state index in [1.54, 1.807) is 18.7 Å². The first kappa shape index (κ1) is 16.2. The quantitative estimate of drug-likeness (QED) is 0.686. The molecule has 0 heterocycles. The maximum absolute atomic E-state index is 11.9. The monoisotopic (exact) mass is 263 g/mol. The highest BCUT2D eigenvalue weighted by Gasteiger charge is 2.33. The van der Waals surface area contributed by atoms with Crippen LogP contribution >= 0.6 is 11.8 Å². The maximum Gasteiger partial charge on any atom is 0.326 e. The summed E-state index contributed by atoms with van der Waals surface area (Å²) in [6, 6.07) is -0.851. The second-order valence-electron chi connectivity index (χ2n) is 3.93. The predicted octanol–water partition coefficient (Wildman–Crippen LogP) is 1.12. The largest absolute Gasteiger partial charge is 0.480 e. The molecule has 6 heteroatoms. The lowest BCUT2D eigenvalue weighted by molar-refractivity contribution is -0.148. The minimum Gasteiger partial charge on any atom is -0.480 e. The van der Waals surface area contributed by atoms with Gasteiger partial charge in [0, 0.05) is 7.11 Å². The number of thioether (sulfide) groups is 1. The highest BCUT2D eigenvalue weighted by molar-refractivity contribution is 7.98. The number of methoxy groups -OCH3 is 1. The summed E-state index contributed by atoms with van der Waals surface area (Å²) in [6.45, 7) is 3.47. The molecule has 17 heavy (non-hydrogen) atoms. The number of carbonyl (C=O) groups excluding carboxylic acids is 1. The van der Waals surface area contributed by atoms with E-state index < -0.39 is 17.6 Å². The Morgan fingerprint density at radius 2 is 2.12 bits per heavy atom. The van der Waals surface area contributed by atoms with Crippen molar-refractivity contribution in [2.24, 2.45) is 0 Å². The van der Waals surface area contributed by atoms with Crippen LogP contribution in [0.3, 0.4) is 0 Å². The summed E-state index contributed by atoms with van der Waals surface area (Å²) in [5.74, 6) is -0.703. The lowest BCUT2D eigenvalue weighted by Crippen LogP contribution is -2.51. The van der Waals surface area contributed by atoms with Gasteiger partial charge in [0.15, 0.2) is 0 Å². The van der Waals surface area contributed by atoms with Gasteiger partial charge in [-0.15, -0.1) is 0 Å². The van der Waals surface area contributed by atoms with Crippen molar-refractivity contribution in [1.29, 1.82) is 0 Å². The molecule has 1 amide bonds. The summed E-state index contributed by atoms with van der Waals surface area (Å²) in [6.07, 6.45) is 2.79. The summed E-state index contributed by atoms with van der Waals surface area (Å²) >= 11 is 1.55. The fourth-order valence-electron chi connectivity index (χ4n) is 1.20. The molecule has 0 aromatic carbocycles. The summed E-state index contributed by atoms with van der Waals surface area (Å²) in [5, 5.41) is 11.5. The van der Waals surface area contributed by atoms with Crippen LogP contribution in [0.15, 0.2) is 0 Å². The summed E-state index contributed by atoms with van der Waals surface area (Å²) in [7, 11) is 1.45. The second kappa shape index (κ2) is 7.55. The van der Waals surface area contributed by atoms with E-state index in [0.29, 0.717) is 18.6 Å². The lowest BCUT2D eigenvalue weighted by atomic mass is 10.0. The maximum atomic E-state index is 11.9. The van der Waals surface area contributed by atoms with E-state index in [-0.39, 0.29) is 5.91 Å². The van der Waals surface area contributed by atoms with Gasteiger partial charge in [0.05, 0.1) is 0 Å². The van der Waals surface area contributed by atoms with Gasteiger partial charge in [-0.2, -0.15) is 11.8 Å². The second-order valence-corrected chi connectivity index (χ2v) is 4.92. The van der Waals surface area contributed by atoms with Crippen molar-refractivity contribution >= 4 is 23.6 Å². The van der Waals surface area contributed by atoms with E-state index in [9.17, 15) is 9.59 Å². The molecule has 0 fully saturated rings. The van der Waals surface area contributed by atoms with Gasteiger partial charge < -0.3 is 15.2 Å². The molecule has 0 aromatic heterocycles. The molecule has 2 N–H and O–H groups in total. The Kier molecular flexibility index (Phi) is 7.22. The Labute approximate surface area is 106 Å². The van der Waals surface area contributed by atoms with E-state index in [1.165, 1.54) is 7.11 Å². The molecule has 0 aliphatic heterocycles. The normalized spacial score (nSPS) is 16.0. The zero-order valence-corrected chi connectivity index (χ0v) is 11.6. The van der Waals surface area contributed by atoms with Gasteiger partial charge in [0.2, 0.25) is 0 Å². The highest BCUT2D eigenvalue weighted by atomic mass is 32.2. The molecule has 0 bridgehead atoms. The first-order valence-corrected chi connectivity index (χ1v) is 6.88. The molecule has 100 valence electrons. The molecule has 0 saturated heterocycles. The number of rotatable bonds is 8. The first-order valence-electron chi connectivity index (χ1n) is 5.49. The van der Waals surface area contributed by atoms with Crippen molar-refractivity contribution in [1.82, 2.24) is 5.32 Å². The summed E-state index contributed by atoms with van der Waals surface area (Å²) < 4.78 is 5.12. The third-order valence-corrected chi connectivity index (χ3v) is 3.46. The predicted molar refractivity (Wildman–Crippen MR) is 68.3 cm³/mol. The van der Waals surface area contributed by atoms with Crippen molar-refractivity contribution in [3.63, 3.8) is 0 Å². The average Bonchev–Trinajstić information content (AvgIpc) is 2.32. The van der Waals surface area contributed by atoms with Gasteiger partial charge >= 0.3 is 5.97 Å². The molecule has 0 spiro atoms. The Hall–Kier alpha value is -0.750. The molecular formula is C11H21NO4S. The fraction of sp³-hybridized carbons (Fsp3) is 0.818. The van der Waals surface area contributed by atoms with Crippen molar-refractivity contribution in [2.45, 2.75) is 38.3 Å². The summed E-state index contributed by atoms with van der Waals surface area (Å²) in [4.78, 5) is 22.9. The molecule has 0 aromatic rings. The molecule has 5 nitrogen and oxygen atoms in total. The van der Waals surface area contributed by atoms with Crippen molar-refractivity contribution < 1.29 is 19.4 Å². The van der Waals surface area contributed by atoms with Crippen LogP contribution in [-0.4, -0.2) is 47.7 Å². The number of aliphatic carboxylic acids is 1. The van der Waals surface area contributed by atoms with Gasteiger partial charge in [-0.25, -0.2) is 4.79 Å². The smallest absolute Gasteiger partial charge is 0.326 e. The molecule has 0 rings (SSSR count). The number of amides is 1. The van der Waals surface area contributed by atoms with Gasteiger partial charge in [0.25, 0.3) is 5.91 Å². The minimum atomic E-state index is -1.01. The summed E-state index contributed by atoms with van der Waals surface area (Å²) in [5.41, 5.74) is -0.965. The van der Waals surface area contributed by atoms with Crippen molar-refractivity contribution in [2.75, 3.05) is 19.1 Å². The molecular weight excluding hydrogens is 242 g/mol. The van der Waals surface area contributed by atoms with Crippen molar-refractivity contribution in [3.05, 3.63) is 0 Å². The number of carboxylic acid groups (broad SMARTS) is 1. The van der Waals surface area contributed by atoms with E-state index >= 15 is 0 Å². The van der Waals surface area contributed by atoms with Crippen LogP contribution in [0, 0.1) is 0 Å². The Morgan fingerprint density at radius 3 is 2.47 bits per heavy atom. The highest BCUT2D eigenvalue weighted by Crippen LogP contribution is 2.14. The van der Waals surface area contributed by atoms with Crippen LogP contribution in [0.5, 0.6) is 0 Å². The first-order chi connectivity index (χ1) is 7.91. The molecule has 2 unspecified atom stereocenters. The number of ether oxygens (including phenoxy) is 1. The third kappa shape index (κ3) is 4.95. The zero-order valence-electron chi connectivity index (χ0n) is 10.8. The SMILES string of the molecule is CCC(C)(OC)C(=O)NC(CCSC)C(=O)O. The Balaban J connectivity index is 4.54. The molecule has 0 radical (unpaired) electrons. The average molecular weight is 263 g/mol. The number of hydrogen-bond acceptors (Lipinski definition) is 4. The number of carbonyl (C=O) groups is 2. The van der Waals surface area contributed by atoms with Crippen molar-refractivity contribution in [3.8, 4) is 0 Å². The number of nitrogens with one attached hydrogen (secondary N) is 1. The fourth-order valence-corrected chi connectivity index (χ4v) is 1.67. The van der Waals surface area contributed by atoms with Crippen LogP contribution in [0.4, 0.5) is 0 Å². The minimum absolute atomic E-state index is 0.379. The Morgan fingerprint density at radius 1 is 1.53 bits per heavy atom. The van der Waals surface area contributed by atoms with E-state index in [2.05, 4.69) is 5.32 Å². The van der Waals surface area contributed by atoms with E-state index in [4.69, 9.17) is 9.84 Å². The van der Waals surface area contributed by atoms with E-state index in [1.807, 2.05) is 13.2 Å². The number of hydrogen-bond donors (Lipinski definition) is 2. The van der Waals surface area contributed by atoms with Crippen LogP contribution < -0.4 is 5.32 Å². The van der Waals surface area contributed by atoms with Crippen LogP contribution in [-0.2, 0) is 14.3 Å². The van der Waals surface area contributed by atoms with Gasteiger partial charge in [0.1, 0.15) is 11.6 Å². The standard InChI is InChI=1S/C11H21NO4S/c1-5-11(2,16-3)10(15)12-8(9(13)14)6-7-17-4/h8H,5-7H2,1-4H3,(H,12,15)(H,13,14). The van der Waals surface area contributed by atoms with Gasteiger partial charge in [-0.3, -0.25) is 4.79 Å². The topological polar surface area (TPSA) is 75.6 Å². The molecule has 0 saturated carbocycles. The Bertz CT molecular complexity index is 266. The third-order valence-electron chi connectivity index (χ3n) is 2.82. The van der Waals surface area contributed by atoms with Gasteiger partial charge in [-0.05, 0) is 31.8 Å². The molecule has 0 aliphatic carbocycles. The van der Waals surface area contributed by atoms with E-state index in [0.717, 1.165) is 0 Å². The van der Waals surface area contributed by atoms with Gasteiger partial charge in [-0.1, -0.05) is 6.92 Å². The number of carboxylic acids is 1. The zero-order chi connectivity index (χ0) is 13.5. The van der Waals surface area contributed by atoms with Crippen LogP contribution in [0.1, 0.15) is 26.7 Å². The molecule has 0 aliphatic rings. The molecule has 2 atom stereocenters. The van der Waals surface area contributed by atoms with Crippen LogP contribution in [0.25, 0.3) is 0 Å².